The molecule has 0 atom stereocenters. The minimum atomic E-state index is -0.636. The fourth-order valence-electron chi connectivity index (χ4n) is 1.70. The Labute approximate surface area is 85.4 Å². The highest BCUT2D eigenvalue weighted by molar-refractivity contribution is 6.03. The van der Waals surface area contributed by atoms with Crippen LogP contribution in [0.5, 0.6) is 5.75 Å². The first-order chi connectivity index (χ1) is 7.23. The molecule has 1 aliphatic carbocycles. The molecule has 5 nitrogen and oxygen atoms in total. The molecule has 1 aromatic rings. The molecular formula is C10H8N2O3. The molecule has 0 bridgehead atoms. The highest BCUT2D eigenvalue weighted by Crippen LogP contribution is 2.47. The van der Waals surface area contributed by atoms with Gasteiger partial charge in [0.05, 0.1) is 5.69 Å². The fourth-order valence-corrected chi connectivity index (χ4v) is 1.70. The van der Waals surface area contributed by atoms with Crippen molar-refractivity contribution in [1.29, 1.82) is 0 Å². The van der Waals surface area contributed by atoms with E-state index in [4.69, 9.17) is 4.74 Å². The Morgan fingerprint density at radius 1 is 1.40 bits per heavy atom. The summed E-state index contributed by atoms with van der Waals surface area (Å²) in [6, 6.07) is 4.74. The van der Waals surface area contributed by atoms with Gasteiger partial charge >= 0.3 is 0 Å². The van der Waals surface area contributed by atoms with Gasteiger partial charge in [-0.25, -0.2) is 0 Å². The van der Waals surface area contributed by atoms with E-state index in [9.17, 15) is 9.70 Å². The second-order valence-electron chi connectivity index (χ2n) is 3.82. The van der Waals surface area contributed by atoms with Gasteiger partial charge in [-0.2, -0.15) is 0 Å². The first kappa shape index (κ1) is 8.40. The molecule has 5 heteroatoms. The summed E-state index contributed by atoms with van der Waals surface area (Å²) in [7, 11) is 0. The van der Waals surface area contributed by atoms with Gasteiger partial charge in [-0.15, -0.1) is 4.91 Å². The number of carbonyl (C=O) groups is 1. The zero-order valence-electron chi connectivity index (χ0n) is 7.82. The number of ether oxygens (including phenoxy) is 1. The van der Waals surface area contributed by atoms with Gasteiger partial charge in [0, 0.05) is 12.8 Å². The third-order valence-corrected chi connectivity index (χ3v) is 2.74. The molecule has 1 aromatic carbocycles. The summed E-state index contributed by atoms with van der Waals surface area (Å²) in [6.45, 7) is 0. The molecule has 2 aliphatic rings. The molecule has 1 amide bonds. The van der Waals surface area contributed by atoms with E-state index in [0.717, 1.165) is 12.8 Å². The minimum absolute atomic E-state index is 0.127. The van der Waals surface area contributed by atoms with E-state index >= 15 is 0 Å². The molecule has 0 radical (unpaired) electrons. The SMILES string of the molecule is O=Nc1ccc2c(c1)NC(=O)C1(CC1)O2. The van der Waals surface area contributed by atoms with Gasteiger partial charge in [-0.1, -0.05) is 0 Å². The minimum Gasteiger partial charge on any atom is -0.475 e. The van der Waals surface area contributed by atoms with Crippen LogP contribution in [0.2, 0.25) is 0 Å². The zero-order chi connectivity index (χ0) is 10.5. The third kappa shape index (κ3) is 1.12. The van der Waals surface area contributed by atoms with Gasteiger partial charge in [0.15, 0.2) is 5.60 Å². The Hall–Kier alpha value is -1.91. The molecule has 15 heavy (non-hydrogen) atoms. The van der Waals surface area contributed by atoms with Gasteiger partial charge in [-0.05, 0) is 23.4 Å². The lowest BCUT2D eigenvalue weighted by Crippen LogP contribution is -2.38. The summed E-state index contributed by atoms with van der Waals surface area (Å²) in [5.74, 6) is 0.484. The number of nitrogens with one attached hydrogen (secondary N) is 1. The van der Waals surface area contributed by atoms with E-state index in [1.54, 1.807) is 12.1 Å². The number of nitrogens with zero attached hydrogens (tertiary/aromatic N) is 1. The maximum atomic E-state index is 11.6. The Balaban J connectivity index is 2.04. The van der Waals surface area contributed by atoms with Crippen LogP contribution in [0.15, 0.2) is 23.4 Å². The second-order valence-corrected chi connectivity index (χ2v) is 3.82. The molecule has 1 spiro atoms. The monoisotopic (exact) mass is 204 g/mol. The number of nitroso groups, excluding NO2 is 1. The molecule has 1 N–H and O–H groups in total. The largest absolute Gasteiger partial charge is 0.475 e. The van der Waals surface area contributed by atoms with Crippen LogP contribution in [-0.2, 0) is 4.79 Å². The number of carbonyl (C=O) groups excluding carboxylic acids is 1. The average molecular weight is 204 g/mol. The van der Waals surface area contributed by atoms with Crippen LogP contribution in [0, 0.1) is 4.91 Å². The normalized spacial score (nSPS) is 20.1. The van der Waals surface area contributed by atoms with Crippen molar-refractivity contribution in [3.8, 4) is 5.75 Å². The van der Waals surface area contributed by atoms with Crippen LogP contribution in [0.1, 0.15) is 12.8 Å². The van der Waals surface area contributed by atoms with Crippen molar-refractivity contribution in [3.05, 3.63) is 23.1 Å². The number of fused-ring (bicyclic) bond motifs is 1. The molecule has 1 fully saturated rings. The Bertz CT molecular complexity index is 466. The molecule has 0 unspecified atom stereocenters. The van der Waals surface area contributed by atoms with Gasteiger partial charge < -0.3 is 10.1 Å². The summed E-state index contributed by atoms with van der Waals surface area (Å²) >= 11 is 0. The van der Waals surface area contributed by atoms with Crippen LogP contribution in [0.25, 0.3) is 0 Å². The lowest BCUT2D eigenvalue weighted by atomic mass is 10.2. The van der Waals surface area contributed by atoms with Crippen LogP contribution in [0.3, 0.4) is 0 Å². The van der Waals surface area contributed by atoms with Crippen molar-refractivity contribution in [2.45, 2.75) is 18.4 Å². The quantitative estimate of drug-likeness (QED) is 0.711. The summed E-state index contributed by atoms with van der Waals surface area (Å²) in [5, 5.41) is 5.52. The zero-order valence-corrected chi connectivity index (χ0v) is 7.82. The standard InChI is InChI=1S/C10H8N2O3/c13-9-10(3-4-10)15-8-2-1-6(12-14)5-7(8)11-9/h1-2,5H,3-4H2,(H,11,13). The van der Waals surface area contributed by atoms with Crippen molar-refractivity contribution < 1.29 is 9.53 Å². The molecule has 76 valence electrons. The third-order valence-electron chi connectivity index (χ3n) is 2.74. The first-order valence-corrected chi connectivity index (χ1v) is 4.71. The smallest absolute Gasteiger partial charge is 0.268 e. The van der Waals surface area contributed by atoms with Gasteiger partial charge in [0.1, 0.15) is 11.4 Å². The Kier molecular flexibility index (Phi) is 1.44. The van der Waals surface area contributed by atoms with E-state index in [0.29, 0.717) is 11.4 Å². The topological polar surface area (TPSA) is 67.8 Å². The maximum absolute atomic E-state index is 11.6. The lowest BCUT2D eigenvalue weighted by molar-refractivity contribution is -0.125. The number of rotatable bonds is 1. The summed E-state index contributed by atoms with van der Waals surface area (Å²) in [5.41, 5.74) is 0.169. The van der Waals surface area contributed by atoms with Gasteiger partial charge in [0.25, 0.3) is 5.91 Å². The molecule has 0 aromatic heterocycles. The number of hydrogen-bond donors (Lipinski definition) is 1. The molecule has 1 aliphatic heterocycles. The highest BCUT2D eigenvalue weighted by atomic mass is 16.5. The highest BCUT2D eigenvalue weighted by Gasteiger charge is 2.55. The van der Waals surface area contributed by atoms with E-state index in [1.807, 2.05) is 0 Å². The molecular weight excluding hydrogens is 196 g/mol. The Morgan fingerprint density at radius 2 is 2.20 bits per heavy atom. The summed E-state index contributed by atoms with van der Waals surface area (Å²) < 4.78 is 5.59. The lowest BCUT2D eigenvalue weighted by Gasteiger charge is -2.25. The summed E-state index contributed by atoms with van der Waals surface area (Å²) in [4.78, 5) is 21.9. The number of anilines is 1. The van der Waals surface area contributed by atoms with E-state index < -0.39 is 5.60 Å². The number of benzene rings is 1. The van der Waals surface area contributed by atoms with Crippen molar-refractivity contribution >= 4 is 17.3 Å². The fraction of sp³-hybridized carbons (Fsp3) is 0.300. The molecule has 0 saturated heterocycles. The van der Waals surface area contributed by atoms with Crippen LogP contribution >= 0.6 is 0 Å². The van der Waals surface area contributed by atoms with Crippen LogP contribution in [0.4, 0.5) is 11.4 Å². The molecule has 1 heterocycles. The van der Waals surface area contributed by atoms with Gasteiger partial charge in [0.2, 0.25) is 0 Å². The van der Waals surface area contributed by atoms with Crippen molar-refractivity contribution in [3.63, 3.8) is 0 Å². The van der Waals surface area contributed by atoms with Crippen LogP contribution < -0.4 is 10.1 Å². The first-order valence-electron chi connectivity index (χ1n) is 4.71. The molecule has 3 rings (SSSR count). The van der Waals surface area contributed by atoms with E-state index in [1.165, 1.54) is 6.07 Å². The predicted octanol–water partition coefficient (Wildman–Crippen LogP) is 1.95. The maximum Gasteiger partial charge on any atom is 0.268 e. The van der Waals surface area contributed by atoms with E-state index in [-0.39, 0.29) is 11.6 Å². The van der Waals surface area contributed by atoms with E-state index in [2.05, 4.69) is 10.5 Å². The number of amides is 1. The van der Waals surface area contributed by atoms with Crippen molar-refractivity contribution in [2.75, 3.05) is 5.32 Å². The molecule has 1 saturated carbocycles. The summed E-state index contributed by atoms with van der Waals surface area (Å²) in [6.07, 6.45) is 1.51. The predicted molar refractivity (Wildman–Crippen MR) is 53.1 cm³/mol. The van der Waals surface area contributed by atoms with Crippen molar-refractivity contribution in [1.82, 2.24) is 0 Å². The second kappa shape index (κ2) is 2.56. The Morgan fingerprint density at radius 3 is 2.87 bits per heavy atom. The average Bonchev–Trinajstić information content (AvgIpc) is 3.00. The van der Waals surface area contributed by atoms with Gasteiger partial charge in [-0.3, -0.25) is 4.79 Å². The van der Waals surface area contributed by atoms with Crippen LogP contribution in [-0.4, -0.2) is 11.5 Å². The van der Waals surface area contributed by atoms with Crippen molar-refractivity contribution in [2.24, 2.45) is 5.18 Å². The number of hydrogen-bond acceptors (Lipinski definition) is 4.